The molecule has 9 heteroatoms. The van der Waals surface area contributed by atoms with Crippen LogP contribution in [0.25, 0.3) is 0 Å². The molecule has 1 unspecified atom stereocenters. The number of hydrogen-bond donors (Lipinski definition) is 3. The third-order valence-electron chi connectivity index (χ3n) is 3.70. The fourth-order valence-corrected chi connectivity index (χ4v) is 2.57. The summed E-state index contributed by atoms with van der Waals surface area (Å²) in [4.78, 5) is 19.3. The van der Waals surface area contributed by atoms with Gasteiger partial charge >= 0.3 is 6.03 Å². The van der Waals surface area contributed by atoms with E-state index in [1.165, 1.54) is 6.20 Å². The molecule has 4 N–H and O–H groups in total. The number of amides is 2. The molecule has 0 radical (unpaired) electrons. The summed E-state index contributed by atoms with van der Waals surface area (Å²) < 4.78 is 11.4. The first kappa shape index (κ1) is 18.4. The van der Waals surface area contributed by atoms with Gasteiger partial charge < -0.3 is 14.8 Å². The Morgan fingerprint density at radius 1 is 1.50 bits per heavy atom. The van der Waals surface area contributed by atoms with Crippen molar-refractivity contribution in [3.05, 3.63) is 41.3 Å². The van der Waals surface area contributed by atoms with Gasteiger partial charge in [-0.15, -0.1) is 0 Å². The van der Waals surface area contributed by atoms with Crippen LogP contribution in [0.15, 0.2) is 30.6 Å². The Bertz CT molecular complexity index is 751. The lowest BCUT2D eigenvalue weighted by molar-refractivity contribution is -0.362. The van der Waals surface area contributed by atoms with E-state index in [1.807, 2.05) is 6.92 Å². The lowest BCUT2D eigenvalue weighted by Gasteiger charge is -2.24. The summed E-state index contributed by atoms with van der Waals surface area (Å²) in [5.41, 5.74) is 1.29. The summed E-state index contributed by atoms with van der Waals surface area (Å²) in [5.74, 6) is 0.990. The van der Waals surface area contributed by atoms with E-state index in [4.69, 9.17) is 21.1 Å². The Kier molecular flexibility index (Phi) is 6.21. The highest BCUT2D eigenvalue weighted by Crippen LogP contribution is 2.28. The molecule has 0 saturated carbocycles. The highest BCUT2D eigenvalue weighted by molar-refractivity contribution is 6.31. The first-order valence-electron chi connectivity index (χ1n) is 8.27. The molecule has 0 spiro atoms. The number of aromatic nitrogens is 2. The SMILES string of the molecule is Cc1c[nH+]c(NC(=O)Nc2cc(Cl)ccc2OCC2CNCCO2)cn1. The van der Waals surface area contributed by atoms with Gasteiger partial charge in [0.25, 0.3) is 5.82 Å². The van der Waals surface area contributed by atoms with Crippen molar-refractivity contribution in [2.45, 2.75) is 13.0 Å². The molecule has 2 heterocycles. The van der Waals surface area contributed by atoms with Crippen molar-refractivity contribution in [2.24, 2.45) is 0 Å². The number of aryl methyl sites for hydroxylation is 1. The number of H-pyrrole nitrogens is 1. The number of nitrogens with zero attached hydrogens (tertiary/aromatic N) is 1. The maximum atomic E-state index is 12.2. The van der Waals surface area contributed by atoms with E-state index in [0.29, 0.717) is 35.5 Å². The fraction of sp³-hybridized carbons (Fsp3) is 0.353. The van der Waals surface area contributed by atoms with Crippen LogP contribution in [0.4, 0.5) is 16.3 Å². The van der Waals surface area contributed by atoms with E-state index < -0.39 is 6.03 Å². The van der Waals surface area contributed by atoms with Gasteiger partial charge in [-0.3, -0.25) is 5.32 Å². The van der Waals surface area contributed by atoms with Gasteiger partial charge in [-0.1, -0.05) is 11.6 Å². The van der Waals surface area contributed by atoms with Crippen molar-refractivity contribution in [3.8, 4) is 5.75 Å². The summed E-state index contributed by atoms with van der Waals surface area (Å²) in [6.07, 6.45) is 3.20. The Balaban J connectivity index is 1.62. The minimum absolute atomic E-state index is 0.0330. The van der Waals surface area contributed by atoms with Crippen LogP contribution in [0, 0.1) is 6.92 Å². The van der Waals surface area contributed by atoms with Crippen molar-refractivity contribution in [1.82, 2.24) is 10.3 Å². The minimum Gasteiger partial charge on any atom is -0.489 e. The predicted octanol–water partition coefficient (Wildman–Crippen LogP) is 1.87. The molecule has 8 nitrogen and oxygen atoms in total. The summed E-state index contributed by atoms with van der Waals surface area (Å²) in [6, 6.07) is 4.62. The highest BCUT2D eigenvalue weighted by Gasteiger charge is 2.17. The monoisotopic (exact) mass is 378 g/mol. The molecular formula is C17H21ClN5O3+. The second-order valence-corrected chi connectivity index (χ2v) is 6.27. The van der Waals surface area contributed by atoms with Crippen LogP contribution in [0.1, 0.15) is 5.69 Å². The van der Waals surface area contributed by atoms with E-state index in [2.05, 4.69) is 25.9 Å². The van der Waals surface area contributed by atoms with Crippen LogP contribution >= 0.6 is 11.6 Å². The van der Waals surface area contributed by atoms with Gasteiger partial charge in [0.1, 0.15) is 30.9 Å². The second kappa shape index (κ2) is 8.79. The molecule has 2 amide bonds. The molecule has 1 aliphatic rings. The number of urea groups is 1. The van der Waals surface area contributed by atoms with Crippen LogP contribution in [0.3, 0.4) is 0 Å². The van der Waals surface area contributed by atoms with Gasteiger partial charge in [-0.25, -0.2) is 14.8 Å². The molecule has 3 rings (SSSR count). The zero-order valence-electron chi connectivity index (χ0n) is 14.3. The number of aromatic amines is 1. The molecule has 26 heavy (non-hydrogen) atoms. The van der Waals surface area contributed by atoms with Gasteiger partial charge in [-0.05, 0) is 25.1 Å². The number of carbonyl (C=O) groups is 1. The number of carbonyl (C=O) groups excluding carboxylic acids is 1. The van der Waals surface area contributed by atoms with Crippen molar-refractivity contribution in [3.63, 3.8) is 0 Å². The quantitative estimate of drug-likeness (QED) is 0.737. The zero-order valence-corrected chi connectivity index (χ0v) is 15.1. The number of ether oxygens (including phenoxy) is 2. The molecule has 0 bridgehead atoms. The predicted molar refractivity (Wildman–Crippen MR) is 97.7 cm³/mol. The largest absolute Gasteiger partial charge is 0.489 e. The number of rotatable bonds is 5. The van der Waals surface area contributed by atoms with Crippen LogP contribution < -0.4 is 25.7 Å². The average molecular weight is 379 g/mol. The topological polar surface area (TPSA) is 98.7 Å². The molecule has 2 aromatic rings. The minimum atomic E-state index is -0.436. The molecule has 1 atom stereocenters. The van der Waals surface area contributed by atoms with Crippen molar-refractivity contribution >= 4 is 29.1 Å². The van der Waals surface area contributed by atoms with Gasteiger partial charge in [0, 0.05) is 18.1 Å². The van der Waals surface area contributed by atoms with Gasteiger partial charge in [-0.2, -0.15) is 5.32 Å². The van der Waals surface area contributed by atoms with E-state index >= 15 is 0 Å². The third-order valence-corrected chi connectivity index (χ3v) is 3.94. The van der Waals surface area contributed by atoms with Crippen molar-refractivity contribution in [2.75, 3.05) is 36.9 Å². The summed E-state index contributed by atoms with van der Waals surface area (Å²) in [6.45, 7) is 4.45. The van der Waals surface area contributed by atoms with Crippen LogP contribution in [-0.2, 0) is 4.74 Å². The van der Waals surface area contributed by atoms with Crippen LogP contribution in [0.5, 0.6) is 5.75 Å². The highest BCUT2D eigenvalue weighted by atomic mass is 35.5. The number of hydrogen-bond acceptors (Lipinski definition) is 5. The molecule has 1 fully saturated rings. The standard InChI is InChI=1S/C17H20ClN5O3/c1-11-7-21-16(9-20-11)23-17(24)22-14-6-12(18)2-3-15(14)26-10-13-8-19-4-5-25-13/h2-3,6-7,9,13,19H,4-5,8,10H2,1H3,(H2,21,22,23,24)/p+1. The molecule has 138 valence electrons. The van der Waals surface area contributed by atoms with E-state index in [9.17, 15) is 4.79 Å². The molecule has 1 aromatic heterocycles. The number of halogens is 1. The van der Waals surface area contributed by atoms with Gasteiger partial charge in [0.05, 0.1) is 18.0 Å². The zero-order chi connectivity index (χ0) is 18.4. The molecule has 0 aliphatic carbocycles. The smallest absolute Gasteiger partial charge is 0.411 e. The Labute approximate surface area is 156 Å². The van der Waals surface area contributed by atoms with Crippen molar-refractivity contribution in [1.29, 1.82) is 0 Å². The summed E-state index contributed by atoms with van der Waals surface area (Å²) in [7, 11) is 0. The second-order valence-electron chi connectivity index (χ2n) is 5.83. The van der Waals surface area contributed by atoms with E-state index in [0.717, 1.165) is 18.8 Å². The number of anilines is 2. The number of benzene rings is 1. The lowest BCUT2D eigenvalue weighted by Crippen LogP contribution is -2.41. The third kappa shape index (κ3) is 5.29. The molecule has 1 aromatic carbocycles. The normalized spacial score (nSPS) is 16.8. The fourth-order valence-electron chi connectivity index (χ4n) is 2.40. The average Bonchev–Trinajstić information content (AvgIpc) is 2.64. The van der Waals surface area contributed by atoms with E-state index in [-0.39, 0.29) is 6.10 Å². The summed E-state index contributed by atoms with van der Waals surface area (Å²) in [5, 5.41) is 9.14. The lowest BCUT2D eigenvalue weighted by atomic mass is 10.3. The Morgan fingerprint density at radius 3 is 3.12 bits per heavy atom. The molecular weight excluding hydrogens is 358 g/mol. The molecule has 1 saturated heterocycles. The summed E-state index contributed by atoms with van der Waals surface area (Å²) >= 11 is 6.05. The Hall–Kier alpha value is -2.42. The van der Waals surface area contributed by atoms with Crippen LogP contribution in [0.2, 0.25) is 5.02 Å². The van der Waals surface area contributed by atoms with Gasteiger partial charge in [0.2, 0.25) is 0 Å². The Morgan fingerprint density at radius 2 is 2.38 bits per heavy atom. The van der Waals surface area contributed by atoms with Crippen LogP contribution in [-0.4, -0.2) is 43.4 Å². The van der Waals surface area contributed by atoms with Gasteiger partial charge in [0.15, 0.2) is 0 Å². The maximum absolute atomic E-state index is 12.2. The first-order chi connectivity index (χ1) is 12.6. The molecule has 1 aliphatic heterocycles. The first-order valence-corrected chi connectivity index (χ1v) is 8.65. The maximum Gasteiger partial charge on any atom is 0.411 e. The number of morpholine rings is 1. The number of nitrogens with one attached hydrogen (secondary N) is 4. The van der Waals surface area contributed by atoms with Crippen molar-refractivity contribution < 1.29 is 19.3 Å². The van der Waals surface area contributed by atoms with E-state index in [1.54, 1.807) is 24.4 Å².